The first-order valence-corrected chi connectivity index (χ1v) is 8.15. The van der Waals surface area contributed by atoms with Gasteiger partial charge in [0.2, 0.25) is 0 Å². The molecule has 0 bridgehead atoms. The van der Waals surface area contributed by atoms with Gasteiger partial charge in [-0.05, 0) is 56.2 Å². The van der Waals surface area contributed by atoms with E-state index in [1.165, 1.54) is 37.9 Å². The summed E-state index contributed by atoms with van der Waals surface area (Å²) < 4.78 is 6.05. The van der Waals surface area contributed by atoms with Crippen LogP contribution in [0.1, 0.15) is 50.2 Å². The Balaban J connectivity index is 1.55. The Hall–Kier alpha value is -0.800. The van der Waals surface area contributed by atoms with Crippen LogP contribution in [-0.4, -0.2) is 24.0 Å². The summed E-state index contributed by atoms with van der Waals surface area (Å²) >= 11 is 0. The van der Waals surface area contributed by atoms with Gasteiger partial charge in [-0.2, -0.15) is 0 Å². The van der Waals surface area contributed by atoms with Crippen LogP contribution in [0.25, 0.3) is 0 Å². The standard InChI is InChI=1S/C17H28N2O/c1-12-6-7-19(10-14(12)3)11-16-8-13(2)17(20-16)9-18-15-4-5-15/h8,12,14-15,18H,4-7,9-11H2,1-3H3. The van der Waals surface area contributed by atoms with Crippen molar-refractivity contribution in [1.29, 1.82) is 0 Å². The number of nitrogens with one attached hydrogen (secondary N) is 1. The third kappa shape index (κ3) is 3.44. The molecule has 20 heavy (non-hydrogen) atoms. The van der Waals surface area contributed by atoms with Crippen molar-refractivity contribution in [3.63, 3.8) is 0 Å². The third-order valence-electron chi connectivity index (χ3n) is 5.00. The van der Waals surface area contributed by atoms with Gasteiger partial charge in [0, 0.05) is 12.6 Å². The minimum absolute atomic E-state index is 0.743. The lowest BCUT2D eigenvalue weighted by molar-refractivity contribution is 0.124. The van der Waals surface area contributed by atoms with Crippen molar-refractivity contribution in [3.8, 4) is 0 Å². The van der Waals surface area contributed by atoms with E-state index in [9.17, 15) is 0 Å². The first-order valence-electron chi connectivity index (χ1n) is 8.15. The maximum atomic E-state index is 6.05. The van der Waals surface area contributed by atoms with Crippen LogP contribution in [0.4, 0.5) is 0 Å². The van der Waals surface area contributed by atoms with Gasteiger partial charge in [0.25, 0.3) is 0 Å². The molecule has 2 aliphatic rings. The van der Waals surface area contributed by atoms with Gasteiger partial charge in [0.1, 0.15) is 11.5 Å². The second-order valence-corrected chi connectivity index (χ2v) is 6.95. The molecule has 1 aromatic rings. The summed E-state index contributed by atoms with van der Waals surface area (Å²) in [5.41, 5.74) is 1.30. The van der Waals surface area contributed by atoms with Crippen LogP contribution >= 0.6 is 0 Å². The van der Waals surface area contributed by atoms with E-state index >= 15 is 0 Å². The average Bonchev–Trinajstić information content (AvgIpc) is 3.17. The summed E-state index contributed by atoms with van der Waals surface area (Å²) in [5, 5.41) is 3.54. The van der Waals surface area contributed by atoms with E-state index in [0.29, 0.717) is 0 Å². The molecule has 0 radical (unpaired) electrons. The largest absolute Gasteiger partial charge is 0.463 e. The fraction of sp³-hybridized carbons (Fsp3) is 0.765. The van der Waals surface area contributed by atoms with Gasteiger partial charge in [-0.15, -0.1) is 0 Å². The smallest absolute Gasteiger partial charge is 0.120 e. The zero-order valence-electron chi connectivity index (χ0n) is 13.1. The molecule has 1 N–H and O–H groups in total. The van der Waals surface area contributed by atoms with Gasteiger partial charge in [0.15, 0.2) is 0 Å². The summed E-state index contributed by atoms with van der Waals surface area (Å²) in [6.45, 7) is 11.2. The predicted octanol–water partition coefficient (Wildman–Crippen LogP) is 3.32. The van der Waals surface area contributed by atoms with Crippen molar-refractivity contribution in [2.24, 2.45) is 11.8 Å². The second kappa shape index (κ2) is 5.90. The average molecular weight is 276 g/mol. The topological polar surface area (TPSA) is 28.4 Å². The number of hydrogen-bond acceptors (Lipinski definition) is 3. The lowest BCUT2D eigenvalue weighted by Crippen LogP contribution is -2.37. The van der Waals surface area contributed by atoms with E-state index < -0.39 is 0 Å². The number of rotatable bonds is 5. The zero-order valence-corrected chi connectivity index (χ0v) is 13.1. The molecule has 1 aliphatic carbocycles. The maximum Gasteiger partial charge on any atom is 0.120 e. The van der Waals surface area contributed by atoms with Gasteiger partial charge >= 0.3 is 0 Å². The summed E-state index contributed by atoms with van der Waals surface area (Å²) in [5.74, 6) is 3.93. The predicted molar refractivity (Wildman–Crippen MR) is 81.5 cm³/mol. The number of hydrogen-bond donors (Lipinski definition) is 1. The molecule has 2 fully saturated rings. The van der Waals surface area contributed by atoms with E-state index in [1.54, 1.807) is 0 Å². The van der Waals surface area contributed by atoms with Gasteiger partial charge in [0.05, 0.1) is 13.1 Å². The van der Waals surface area contributed by atoms with E-state index in [-0.39, 0.29) is 0 Å². The molecular weight excluding hydrogens is 248 g/mol. The first-order chi connectivity index (χ1) is 9.61. The summed E-state index contributed by atoms with van der Waals surface area (Å²) in [6, 6.07) is 2.97. The van der Waals surface area contributed by atoms with Crippen molar-refractivity contribution in [2.75, 3.05) is 13.1 Å². The van der Waals surface area contributed by atoms with Crippen molar-refractivity contribution in [3.05, 3.63) is 23.2 Å². The molecule has 1 saturated carbocycles. The molecule has 2 atom stereocenters. The van der Waals surface area contributed by atoms with E-state index in [2.05, 4.69) is 37.1 Å². The van der Waals surface area contributed by atoms with E-state index in [1.807, 2.05) is 0 Å². The molecule has 1 aromatic heterocycles. The highest BCUT2D eigenvalue weighted by molar-refractivity contribution is 5.20. The van der Waals surface area contributed by atoms with Crippen molar-refractivity contribution >= 4 is 0 Å². The molecule has 0 spiro atoms. The Labute approximate surface area is 122 Å². The molecule has 3 heteroatoms. The number of aryl methyl sites for hydroxylation is 1. The minimum atomic E-state index is 0.743. The summed E-state index contributed by atoms with van der Waals surface area (Å²) in [7, 11) is 0. The molecule has 0 amide bonds. The monoisotopic (exact) mass is 276 g/mol. The van der Waals surface area contributed by atoms with Gasteiger partial charge < -0.3 is 9.73 Å². The summed E-state index contributed by atoms with van der Waals surface area (Å²) in [4.78, 5) is 2.54. The molecule has 0 aromatic carbocycles. The maximum absolute atomic E-state index is 6.05. The van der Waals surface area contributed by atoms with Crippen LogP contribution in [-0.2, 0) is 13.1 Å². The third-order valence-corrected chi connectivity index (χ3v) is 5.00. The van der Waals surface area contributed by atoms with Crippen molar-refractivity contribution < 1.29 is 4.42 Å². The highest BCUT2D eigenvalue weighted by atomic mass is 16.3. The molecule has 2 unspecified atom stereocenters. The zero-order chi connectivity index (χ0) is 14.1. The molecule has 1 aliphatic heterocycles. The quantitative estimate of drug-likeness (QED) is 0.894. The number of furan rings is 1. The highest BCUT2D eigenvalue weighted by Gasteiger charge is 2.24. The van der Waals surface area contributed by atoms with E-state index in [0.717, 1.165) is 42.5 Å². The summed E-state index contributed by atoms with van der Waals surface area (Å²) in [6.07, 6.45) is 3.98. The van der Waals surface area contributed by atoms with Gasteiger partial charge in [-0.25, -0.2) is 0 Å². The Morgan fingerprint density at radius 2 is 2.05 bits per heavy atom. The van der Waals surface area contributed by atoms with Crippen LogP contribution in [0.5, 0.6) is 0 Å². The minimum Gasteiger partial charge on any atom is -0.463 e. The molecule has 2 heterocycles. The normalized spacial score (nSPS) is 27.9. The lowest BCUT2D eigenvalue weighted by atomic mass is 9.89. The van der Waals surface area contributed by atoms with Crippen LogP contribution in [0.2, 0.25) is 0 Å². The fourth-order valence-electron chi connectivity index (χ4n) is 3.08. The molecule has 112 valence electrons. The second-order valence-electron chi connectivity index (χ2n) is 6.95. The SMILES string of the molecule is Cc1cc(CN2CCC(C)C(C)C2)oc1CNC1CC1. The van der Waals surface area contributed by atoms with Crippen molar-refractivity contribution in [2.45, 2.75) is 59.2 Å². The number of nitrogens with zero attached hydrogens (tertiary/aromatic N) is 1. The first kappa shape index (κ1) is 14.2. The Kier molecular flexibility index (Phi) is 4.18. The van der Waals surface area contributed by atoms with Crippen LogP contribution in [0.15, 0.2) is 10.5 Å². The fourth-order valence-corrected chi connectivity index (χ4v) is 3.08. The van der Waals surface area contributed by atoms with Crippen LogP contribution < -0.4 is 5.32 Å². The highest BCUT2D eigenvalue weighted by Crippen LogP contribution is 2.25. The van der Waals surface area contributed by atoms with Gasteiger partial charge in [-0.3, -0.25) is 4.90 Å². The Morgan fingerprint density at radius 1 is 1.25 bits per heavy atom. The Bertz CT molecular complexity index is 450. The van der Waals surface area contributed by atoms with Crippen molar-refractivity contribution in [1.82, 2.24) is 10.2 Å². The van der Waals surface area contributed by atoms with Crippen LogP contribution in [0.3, 0.4) is 0 Å². The Morgan fingerprint density at radius 3 is 2.75 bits per heavy atom. The molecular formula is C17H28N2O. The lowest BCUT2D eigenvalue weighted by Gasteiger charge is -2.34. The van der Waals surface area contributed by atoms with Gasteiger partial charge in [-0.1, -0.05) is 13.8 Å². The van der Waals surface area contributed by atoms with Crippen LogP contribution in [0, 0.1) is 18.8 Å². The molecule has 3 rings (SSSR count). The number of piperidine rings is 1. The molecule has 1 saturated heterocycles. The van der Waals surface area contributed by atoms with E-state index in [4.69, 9.17) is 4.42 Å². The number of likely N-dealkylation sites (tertiary alicyclic amines) is 1. The molecule has 3 nitrogen and oxygen atoms in total.